The number of benzene rings is 1. The van der Waals surface area contributed by atoms with E-state index in [1.54, 1.807) is 19.1 Å². The van der Waals surface area contributed by atoms with Crippen LogP contribution in [0.4, 0.5) is 5.69 Å². The van der Waals surface area contributed by atoms with Crippen LogP contribution >= 0.6 is 12.2 Å². The highest BCUT2D eigenvalue weighted by Crippen LogP contribution is 2.10. The molecule has 0 spiro atoms. The van der Waals surface area contributed by atoms with Crippen molar-refractivity contribution < 1.29 is 4.79 Å². The van der Waals surface area contributed by atoms with Gasteiger partial charge in [0.05, 0.1) is 0 Å². The fourth-order valence-corrected chi connectivity index (χ4v) is 1.72. The van der Waals surface area contributed by atoms with Crippen LogP contribution in [0.15, 0.2) is 24.3 Å². The van der Waals surface area contributed by atoms with E-state index in [-0.39, 0.29) is 11.3 Å². The second-order valence-electron chi connectivity index (χ2n) is 4.96. The molecule has 17 heavy (non-hydrogen) atoms. The molecule has 0 bridgehead atoms. The molecule has 0 radical (unpaired) electrons. The Balaban J connectivity index is 2.64. The van der Waals surface area contributed by atoms with Gasteiger partial charge in [-0.15, -0.1) is 0 Å². The van der Waals surface area contributed by atoms with Crippen molar-refractivity contribution in [2.24, 2.45) is 0 Å². The molecular weight excluding hydrogens is 232 g/mol. The SMILES string of the molecule is CC(=O)c1ccc(NC(=S)NC(C)(C)C)cc1. The second-order valence-corrected chi connectivity index (χ2v) is 5.37. The minimum Gasteiger partial charge on any atom is -0.358 e. The Morgan fingerprint density at radius 1 is 1.18 bits per heavy atom. The molecule has 3 nitrogen and oxygen atoms in total. The molecule has 1 rings (SSSR count). The maximum absolute atomic E-state index is 11.1. The molecule has 0 fully saturated rings. The molecular formula is C13H18N2OS. The summed E-state index contributed by atoms with van der Waals surface area (Å²) in [7, 11) is 0. The molecule has 0 atom stereocenters. The molecule has 92 valence electrons. The van der Waals surface area contributed by atoms with Gasteiger partial charge in [0.1, 0.15) is 0 Å². The Bertz CT molecular complexity index is 418. The number of carbonyl (C=O) groups excluding carboxylic acids is 1. The molecule has 0 unspecified atom stereocenters. The van der Waals surface area contributed by atoms with Gasteiger partial charge in [0, 0.05) is 16.8 Å². The maximum Gasteiger partial charge on any atom is 0.171 e. The van der Waals surface area contributed by atoms with Gasteiger partial charge >= 0.3 is 0 Å². The van der Waals surface area contributed by atoms with Crippen molar-refractivity contribution in [3.63, 3.8) is 0 Å². The summed E-state index contributed by atoms with van der Waals surface area (Å²) in [6.45, 7) is 7.67. The van der Waals surface area contributed by atoms with E-state index in [1.807, 2.05) is 32.9 Å². The smallest absolute Gasteiger partial charge is 0.171 e. The van der Waals surface area contributed by atoms with E-state index in [1.165, 1.54) is 0 Å². The van der Waals surface area contributed by atoms with Crippen LogP contribution in [-0.2, 0) is 0 Å². The number of ketones is 1. The first-order valence-corrected chi connectivity index (χ1v) is 5.89. The predicted molar refractivity (Wildman–Crippen MR) is 75.6 cm³/mol. The van der Waals surface area contributed by atoms with E-state index in [9.17, 15) is 4.79 Å². The first-order valence-electron chi connectivity index (χ1n) is 5.48. The minimum absolute atomic E-state index is 0.0620. The average Bonchev–Trinajstić information content (AvgIpc) is 2.15. The van der Waals surface area contributed by atoms with Crippen LogP contribution in [0.1, 0.15) is 38.1 Å². The van der Waals surface area contributed by atoms with Crippen molar-refractivity contribution in [1.29, 1.82) is 0 Å². The summed E-state index contributed by atoms with van der Waals surface area (Å²) < 4.78 is 0. The Labute approximate surface area is 108 Å². The van der Waals surface area contributed by atoms with Crippen molar-refractivity contribution in [2.75, 3.05) is 5.32 Å². The lowest BCUT2D eigenvalue weighted by Gasteiger charge is -2.23. The molecule has 4 heteroatoms. The Morgan fingerprint density at radius 2 is 1.71 bits per heavy atom. The highest BCUT2D eigenvalue weighted by molar-refractivity contribution is 7.80. The standard InChI is InChI=1S/C13H18N2OS/c1-9(16)10-5-7-11(8-6-10)14-12(17)15-13(2,3)4/h5-8H,1-4H3,(H2,14,15,17). The van der Waals surface area contributed by atoms with E-state index >= 15 is 0 Å². The van der Waals surface area contributed by atoms with Gasteiger partial charge in [-0.3, -0.25) is 4.79 Å². The van der Waals surface area contributed by atoms with Crippen LogP contribution < -0.4 is 10.6 Å². The Morgan fingerprint density at radius 3 is 2.12 bits per heavy atom. The molecule has 0 aliphatic heterocycles. The zero-order chi connectivity index (χ0) is 13.1. The highest BCUT2D eigenvalue weighted by Gasteiger charge is 2.10. The number of Topliss-reactive ketones (excluding diaryl/α,β-unsaturated/α-hetero) is 1. The lowest BCUT2D eigenvalue weighted by molar-refractivity contribution is 0.101. The monoisotopic (exact) mass is 250 g/mol. The Kier molecular flexibility index (Phi) is 4.23. The fraction of sp³-hybridized carbons (Fsp3) is 0.385. The van der Waals surface area contributed by atoms with Gasteiger partial charge in [-0.25, -0.2) is 0 Å². The molecule has 0 saturated carbocycles. The van der Waals surface area contributed by atoms with E-state index < -0.39 is 0 Å². The van der Waals surface area contributed by atoms with Gasteiger partial charge in [-0.05, 0) is 64.2 Å². The van der Waals surface area contributed by atoms with Crippen molar-refractivity contribution in [1.82, 2.24) is 5.32 Å². The van der Waals surface area contributed by atoms with Gasteiger partial charge in [0.25, 0.3) is 0 Å². The largest absolute Gasteiger partial charge is 0.358 e. The van der Waals surface area contributed by atoms with Crippen LogP contribution in [0.5, 0.6) is 0 Å². The zero-order valence-electron chi connectivity index (χ0n) is 10.6. The molecule has 2 N–H and O–H groups in total. The van der Waals surface area contributed by atoms with Crippen LogP contribution in [-0.4, -0.2) is 16.4 Å². The summed E-state index contributed by atoms with van der Waals surface area (Å²) in [6.07, 6.45) is 0. The highest BCUT2D eigenvalue weighted by atomic mass is 32.1. The van der Waals surface area contributed by atoms with E-state index in [0.717, 1.165) is 5.69 Å². The first-order chi connectivity index (χ1) is 7.78. The van der Waals surface area contributed by atoms with Crippen molar-refractivity contribution in [2.45, 2.75) is 33.2 Å². The molecule has 0 saturated heterocycles. The van der Waals surface area contributed by atoms with Gasteiger partial charge in [-0.2, -0.15) is 0 Å². The molecule has 0 heterocycles. The number of nitrogens with one attached hydrogen (secondary N) is 2. The average molecular weight is 250 g/mol. The number of rotatable bonds is 2. The van der Waals surface area contributed by atoms with E-state index in [0.29, 0.717) is 10.7 Å². The fourth-order valence-electron chi connectivity index (χ4n) is 1.29. The van der Waals surface area contributed by atoms with E-state index in [4.69, 9.17) is 12.2 Å². The van der Waals surface area contributed by atoms with Crippen LogP contribution in [0.3, 0.4) is 0 Å². The third kappa shape index (κ3) is 4.95. The summed E-state index contributed by atoms with van der Waals surface area (Å²) in [6, 6.07) is 7.25. The number of carbonyl (C=O) groups is 1. The normalized spacial score (nSPS) is 10.8. The zero-order valence-corrected chi connectivity index (χ0v) is 11.4. The van der Waals surface area contributed by atoms with Crippen molar-refractivity contribution >= 4 is 28.8 Å². The molecule has 1 aromatic rings. The second kappa shape index (κ2) is 5.27. The number of thiocarbonyl (C=S) groups is 1. The summed E-state index contributed by atoms with van der Waals surface area (Å²) in [5, 5.41) is 6.81. The lowest BCUT2D eigenvalue weighted by Crippen LogP contribution is -2.42. The topological polar surface area (TPSA) is 41.1 Å². The third-order valence-electron chi connectivity index (χ3n) is 2.04. The lowest BCUT2D eigenvalue weighted by atomic mass is 10.1. The number of anilines is 1. The summed E-state index contributed by atoms with van der Waals surface area (Å²) >= 11 is 5.18. The van der Waals surface area contributed by atoms with Gasteiger partial charge in [-0.1, -0.05) is 0 Å². The number of hydrogen-bond donors (Lipinski definition) is 2. The summed E-state index contributed by atoms with van der Waals surface area (Å²) in [5.74, 6) is 0.0620. The van der Waals surface area contributed by atoms with Crippen molar-refractivity contribution in [3.05, 3.63) is 29.8 Å². The Hall–Kier alpha value is -1.42. The minimum atomic E-state index is -0.0661. The first kappa shape index (κ1) is 13.6. The van der Waals surface area contributed by atoms with Crippen LogP contribution in [0.25, 0.3) is 0 Å². The molecule has 0 amide bonds. The van der Waals surface area contributed by atoms with Crippen molar-refractivity contribution in [3.8, 4) is 0 Å². The van der Waals surface area contributed by atoms with E-state index in [2.05, 4.69) is 10.6 Å². The summed E-state index contributed by atoms with van der Waals surface area (Å²) in [4.78, 5) is 11.1. The van der Waals surface area contributed by atoms with Gasteiger partial charge in [0.15, 0.2) is 10.9 Å². The molecule has 0 aromatic heterocycles. The van der Waals surface area contributed by atoms with Gasteiger partial charge < -0.3 is 10.6 Å². The van der Waals surface area contributed by atoms with Crippen LogP contribution in [0.2, 0.25) is 0 Å². The molecule has 0 aliphatic rings. The quantitative estimate of drug-likeness (QED) is 0.625. The molecule has 1 aromatic carbocycles. The summed E-state index contributed by atoms with van der Waals surface area (Å²) in [5.41, 5.74) is 1.51. The molecule has 0 aliphatic carbocycles. The third-order valence-corrected chi connectivity index (χ3v) is 2.24. The predicted octanol–water partition coefficient (Wildman–Crippen LogP) is 2.97. The number of hydrogen-bond acceptors (Lipinski definition) is 2. The maximum atomic E-state index is 11.1. The van der Waals surface area contributed by atoms with Gasteiger partial charge in [0.2, 0.25) is 0 Å². The van der Waals surface area contributed by atoms with Crippen LogP contribution in [0, 0.1) is 0 Å².